The first-order chi connectivity index (χ1) is 21.0. The molecule has 1 heterocycles. The second kappa shape index (κ2) is 10.0. The van der Waals surface area contributed by atoms with Crippen LogP contribution >= 0.6 is 0 Å². The number of methoxy groups -OCH3 is 1. The lowest BCUT2D eigenvalue weighted by Crippen LogP contribution is -2.67. The molecule has 4 unspecified atom stereocenters. The standard InChI is InChI=1S/C39H54F2O4/c1-34(2)15-17-39-18-16-37(6)25(30(39)32(34)44-22-39)10-12-29-36(5)21-24(31(42)35(3,4)28(36)13-14-38(29,37)7)19-23-9-11-26(45-33(40)41)27(20-23)43-8/h9,11,19-20,25,28-30,32-33H,10,12-18,21-22H2,1-8H3/b24-19+/t25?,28?,29?,30?,32-,36-,37+,38+,39+/m0/s1. The quantitative estimate of drug-likeness (QED) is 0.313. The number of hydrogen-bond acceptors (Lipinski definition) is 4. The van der Waals surface area contributed by atoms with Gasteiger partial charge in [-0.2, -0.15) is 8.78 Å². The van der Waals surface area contributed by atoms with Crippen LogP contribution in [0.2, 0.25) is 0 Å². The third-order valence-electron chi connectivity index (χ3n) is 15.5. The fourth-order valence-electron chi connectivity index (χ4n) is 13.1. The van der Waals surface area contributed by atoms with Crippen molar-refractivity contribution in [1.82, 2.24) is 0 Å². The van der Waals surface area contributed by atoms with Crippen LogP contribution in [0.4, 0.5) is 8.78 Å². The molecule has 0 aromatic heterocycles. The molecule has 1 aromatic rings. The molecule has 1 saturated heterocycles. The van der Waals surface area contributed by atoms with Gasteiger partial charge in [-0.05, 0) is 138 Å². The lowest BCUT2D eigenvalue weighted by molar-refractivity contribution is -0.236. The number of ether oxygens (including phenoxy) is 3. The molecule has 4 nitrogen and oxygen atoms in total. The molecule has 5 saturated carbocycles. The second-order valence-electron chi connectivity index (χ2n) is 18.0. The Hall–Kier alpha value is -1.95. The number of halogens is 2. The van der Waals surface area contributed by atoms with Crippen LogP contribution in [0.3, 0.4) is 0 Å². The molecule has 0 N–H and O–H groups in total. The first-order valence-electron chi connectivity index (χ1n) is 17.5. The SMILES string of the molecule is COc1cc(/C=C2\C[C@@]3(C)C(CC[C@]4(C)C3CCC3C5[C@@H]6OC[C@@]5(CCC6(C)C)CC[C@]34C)C(C)(C)C2=O)ccc1OC(F)F. The molecule has 248 valence electrons. The molecule has 0 radical (unpaired) electrons. The summed E-state index contributed by atoms with van der Waals surface area (Å²) in [4.78, 5) is 14.2. The molecule has 7 rings (SSSR count). The molecule has 1 aliphatic heterocycles. The Morgan fingerprint density at radius 2 is 1.62 bits per heavy atom. The molecule has 0 amide bonds. The summed E-state index contributed by atoms with van der Waals surface area (Å²) in [5.74, 6) is 2.67. The van der Waals surface area contributed by atoms with Crippen molar-refractivity contribution in [2.45, 2.75) is 119 Å². The van der Waals surface area contributed by atoms with Crippen LogP contribution in [0.25, 0.3) is 6.08 Å². The summed E-state index contributed by atoms with van der Waals surface area (Å²) in [5, 5.41) is 0. The van der Waals surface area contributed by atoms with Crippen molar-refractivity contribution >= 4 is 11.9 Å². The van der Waals surface area contributed by atoms with Gasteiger partial charge >= 0.3 is 6.61 Å². The maximum absolute atomic E-state index is 14.2. The van der Waals surface area contributed by atoms with Crippen molar-refractivity contribution in [2.75, 3.05) is 13.7 Å². The van der Waals surface area contributed by atoms with E-state index >= 15 is 0 Å². The van der Waals surface area contributed by atoms with Gasteiger partial charge in [0.1, 0.15) is 0 Å². The fourth-order valence-corrected chi connectivity index (χ4v) is 13.1. The number of benzene rings is 1. The molecule has 2 bridgehead atoms. The van der Waals surface area contributed by atoms with E-state index in [1.807, 2.05) is 6.08 Å². The van der Waals surface area contributed by atoms with Crippen LogP contribution in [0.15, 0.2) is 23.8 Å². The number of fused-ring (bicyclic) bond motifs is 5. The Morgan fingerprint density at radius 3 is 2.33 bits per heavy atom. The van der Waals surface area contributed by atoms with E-state index in [1.54, 1.807) is 12.1 Å². The van der Waals surface area contributed by atoms with E-state index in [0.717, 1.165) is 30.6 Å². The highest BCUT2D eigenvalue weighted by Crippen LogP contribution is 2.78. The lowest BCUT2D eigenvalue weighted by Gasteiger charge is -2.73. The average Bonchev–Trinajstić information content (AvgIpc) is 3.30. The zero-order valence-electron chi connectivity index (χ0n) is 28.7. The van der Waals surface area contributed by atoms with Gasteiger partial charge in [0.05, 0.1) is 19.8 Å². The van der Waals surface area contributed by atoms with Gasteiger partial charge in [-0.15, -0.1) is 0 Å². The van der Waals surface area contributed by atoms with E-state index in [9.17, 15) is 13.6 Å². The summed E-state index contributed by atoms with van der Waals surface area (Å²) in [7, 11) is 1.45. The van der Waals surface area contributed by atoms with Crippen molar-refractivity contribution in [3.63, 3.8) is 0 Å². The molecular weight excluding hydrogens is 570 g/mol. The minimum Gasteiger partial charge on any atom is -0.493 e. The summed E-state index contributed by atoms with van der Waals surface area (Å²) >= 11 is 0. The third-order valence-corrected chi connectivity index (χ3v) is 15.5. The Balaban J connectivity index is 1.25. The maximum atomic E-state index is 14.2. The highest BCUT2D eigenvalue weighted by atomic mass is 19.3. The van der Waals surface area contributed by atoms with Crippen molar-refractivity contribution < 1.29 is 27.8 Å². The number of allylic oxidation sites excluding steroid dienone is 1. The molecular formula is C39H54F2O4. The largest absolute Gasteiger partial charge is 0.493 e. The smallest absolute Gasteiger partial charge is 0.387 e. The van der Waals surface area contributed by atoms with Crippen LogP contribution in [0.5, 0.6) is 11.5 Å². The van der Waals surface area contributed by atoms with Gasteiger partial charge in [-0.1, -0.05) is 54.5 Å². The van der Waals surface area contributed by atoms with Gasteiger partial charge in [-0.25, -0.2) is 0 Å². The van der Waals surface area contributed by atoms with Crippen LogP contribution in [-0.2, 0) is 9.53 Å². The topological polar surface area (TPSA) is 44.8 Å². The highest BCUT2D eigenvalue weighted by molar-refractivity contribution is 6.04. The Labute approximate surface area is 269 Å². The summed E-state index contributed by atoms with van der Waals surface area (Å²) in [6.07, 6.45) is 13.1. The van der Waals surface area contributed by atoms with Crippen LogP contribution in [0, 0.1) is 56.2 Å². The zero-order chi connectivity index (χ0) is 32.4. The summed E-state index contributed by atoms with van der Waals surface area (Å²) in [6.45, 7) is 15.1. The van der Waals surface area contributed by atoms with Gasteiger partial charge in [0, 0.05) is 5.41 Å². The molecule has 45 heavy (non-hydrogen) atoms. The maximum Gasteiger partial charge on any atom is 0.387 e. The third kappa shape index (κ3) is 4.25. The van der Waals surface area contributed by atoms with Gasteiger partial charge in [-0.3, -0.25) is 4.79 Å². The number of rotatable bonds is 4. The Morgan fingerprint density at radius 1 is 0.889 bits per heavy atom. The number of alkyl halides is 2. The molecule has 0 spiro atoms. The normalized spacial score (nSPS) is 45.4. The monoisotopic (exact) mass is 624 g/mol. The first-order valence-corrected chi connectivity index (χ1v) is 17.5. The number of hydrogen-bond donors (Lipinski definition) is 0. The molecule has 9 atom stereocenters. The van der Waals surface area contributed by atoms with Crippen molar-refractivity contribution in [3.05, 3.63) is 29.3 Å². The minimum atomic E-state index is -2.93. The molecule has 6 heteroatoms. The highest BCUT2D eigenvalue weighted by Gasteiger charge is 2.73. The number of ketones is 1. The van der Waals surface area contributed by atoms with E-state index < -0.39 is 12.0 Å². The fraction of sp³-hybridized carbons (Fsp3) is 0.769. The predicted octanol–water partition coefficient (Wildman–Crippen LogP) is 9.75. The van der Waals surface area contributed by atoms with Crippen LogP contribution < -0.4 is 9.47 Å². The molecule has 1 aromatic carbocycles. The van der Waals surface area contributed by atoms with Crippen molar-refractivity contribution in [1.29, 1.82) is 0 Å². The van der Waals surface area contributed by atoms with Crippen molar-refractivity contribution in [3.8, 4) is 11.5 Å². The van der Waals surface area contributed by atoms with E-state index in [2.05, 4.69) is 53.2 Å². The average molecular weight is 625 g/mol. The lowest BCUT2D eigenvalue weighted by atomic mass is 9.31. The van der Waals surface area contributed by atoms with E-state index in [0.29, 0.717) is 35.2 Å². The summed E-state index contributed by atoms with van der Waals surface area (Å²) in [5.41, 5.74) is 2.20. The van der Waals surface area contributed by atoms with Gasteiger partial charge in [0.2, 0.25) is 0 Å². The predicted molar refractivity (Wildman–Crippen MR) is 172 cm³/mol. The second-order valence-corrected chi connectivity index (χ2v) is 18.0. The summed E-state index contributed by atoms with van der Waals surface area (Å²) < 4.78 is 42.7. The minimum absolute atomic E-state index is 0.000482. The number of Topliss-reactive ketones (excluding diaryl/α,β-unsaturated/α-hetero) is 1. The van der Waals surface area contributed by atoms with Crippen LogP contribution in [-0.4, -0.2) is 32.2 Å². The van der Waals surface area contributed by atoms with Gasteiger partial charge < -0.3 is 14.2 Å². The number of carbonyl (C=O) groups excluding carboxylic acids is 1. The summed E-state index contributed by atoms with van der Waals surface area (Å²) in [6, 6.07) is 4.97. The molecule has 6 aliphatic rings. The van der Waals surface area contributed by atoms with Crippen molar-refractivity contribution in [2.24, 2.45) is 56.2 Å². The van der Waals surface area contributed by atoms with E-state index in [4.69, 9.17) is 9.47 Å². The Bertz CT molecular complexity index is 1420. The van der Waals surface area contributed by atoms with Gasteiger partial charge in [0.15, 0.2) is 17.3 Å². The first kappa shape index (κ1) is 31.6. The molecule has 5 aliphatic carbocycles. The number of carbonyl (C=O) groups is 1. The van der Waals surface area contributed by atoms with E-state index in [-0.39, 0.29) is 38.9 Å². The zero-order valence-corrected chi connectivity index (χ0v) is 28.7. The van der Waals surface area contributed by atoms with Gasteiger partial charge in [0.25, 0.3) is 0 Å². The van der Waals surface area contributed by atoms with Crippen LogP contribution in [0.1, 0.15) is 112 Å². The van der Waals surface area contributed by atoms with E-state index in [1.165, 1.54) is 58.1 Å². The Kier molecular flexibility index (Phi) is 7.05. The molecule has 6 fully saturated rings.